The molecule has 6 rings (SSSR count). The highest BCUT2D eigenvalue weighted by atomic mass is 32.1. The second kappa shape index (κ2) is 8.00. The first-order chi connectivity index (χ1) is 16.8. The van der Waals surface area contributed by atoms with Gasteiger partial charge in [0.25, 0.3) is 0 Å². The SMILES string of the molecule is C[Si](C)(C)c1cc2c(s1)-c1sc([Si](C)(C)C)cc1[Si]21c2cc([Si](C)(C)C)sc2-c2sc([Si](C)(C)C)cc21. The summed E-state index contributed by atoms with van der Waals surface area (Å²) in [7, 11) is -7.87. The van der Waals surface area contributed by atoms with Gasteiger partial charge in [0.15, 0.2) is 8.07 Å². The Balaban J connectivity index is 1.77. The molecule has 0 saturated carbocycles. The lowest BCUT2D eigenvalue weighted by Gasteiger charge is -2.26. The summed E-state index contributed by atoms with van der Waals surface area (Å²) in [5.74, 6) is 0. The van der Waals surface area contributed by atoms with Crippen LogP contribution in [0.25, 0.3) is 19.5 Å². The predicted octanol–water partition coefficient (Wildman–Crippen LogP) is 5.45. The summed E-state index contributed by atoms with van der Waals surface area (Å²) in [6, 6.07) is 11.0. The maximum Gasteiger partial charge on any atom is 0.185 e. The molecule has 0 unspecified atom stereocenters. The molecule has 4 aromatic rings. The van der Waals surface area contributed by atoms with Gasteiger partial charge in [0.1, 0.15) is 0 Å². The number of fused-ring (bicyclic) bond motifs is 10. The van der Waals surface area contributed by atoms with Gasteiger partial charge in [-0.15, -0.1) is 45.3 Å². The molecule has 0 bridgehead atoms. The summed E-state index contributed by atoms with van der Waals surface area (Å²) in [6.07, 6.45) is 0. The fourth-order valence-electron chi connectivity index (χ4n) is 5.70. The van der Waals surface area contributed by atoms with E-state index in [0.717, 1.165) is 0 Å². The zero-order chi connectivity index (χ0) is 27.1. The van der Waals surface area contributed by atoms with Crippen molar-refractivity contribution in [3.8, 4) is 19.5 Å². The van der Waals surface area contributed by atoms with Crippen LogP contribution < -0.4 is 38.7 Å². The summed E-state index contributed by atoms with van der Waals surface area (Å²) in [4.78, 5) is 6.64. The van der Waals surface area contributed by atoms with Gasteiger partial charge in [0.05, 0.1) is 32.3 Å². The molecule has 4 aromatic heterocycles. The molecule has 0 aliphatic carbocycles. The first kappa shape index (κ1) is 27.1. The first-order valence-corrected chi connectivity index (χ1v) is 32.7. The molecule has 2 aliphatic rings. The van der Waals surface area contributed by atoms with Crippen molar-refractivity contribution in [2.24, 2.45) is 0 Å². The Morgan fingerprint density at radius 3 is 0.730 bits per heavy atom. The molecule has 0 atom stereocenters. The molecule has 6 heterocycles. The lowest BCUT2D eigenvalue weighted by molar-refractivity contribution is 1.78. The van der Waals surface area contributed by atoms with Crippen LogP contribution >= 0.6 is 45.3 Å². The van der Waals surface area contributed by atoms with Gasteiger partial charge in [-0.2, -0.15) is 0 Å². The number of hydrogen-bond acceptors (Lipinski definition) is 4. The standard InChI is InChI=1S/C28H40S4Si5/c1-33(2,3)21-13-17-25(29-21)26-18(14-22(30-26)34(4,5)6)37(17)19-15-23(35(7,8)9)31-27(19)28-20(37)16-24(32-28)36(10,11)12/h13-16H,1-12H3. The summed E-state index contributed by atoms with van der Waals surface area (Å²) >= 11 is 8.71. The minimum atomic E-state index is -2.25. The largest absolute Gasteiger partial charge is 0.185 e. The maximum absolute atomic E-state index is 2.75. The Morgan fingerprint density at radius 2 is 0.568 bits per heavy atom. The number of thiophene rings is 4. The van der Waals surface area contributed by atoms with Crippen LogP contribution in [-0.4, -0.2) is 40.4 Å². The Morgan fingerprint density at radius 1 is 0.378 bits per heavy atom. The highest BCUT2D eigenvalue weighted by molar-refractivity contribution is 7.45. The Hall–Kier alpha value is -0.116. The van der Waals surface area contributed by atoms with Crippen LogP contribution in [0.2, 0.25) is 78.6 Å². The third-order valence-electron chi connectivity index (χ3n) is 7.91. The molecule has 0 aromatic carbocycles. The molecule has 196 valence electrons. The molecule has 0 radical (unpaired) electrons. The Bertz CT molecular complexity index is 1330. The predicted molar refractivity (Wildman–Crippen MR) is 191 cm³/mol. The molecular formula is C28H40S4Si5. The number of rotatable bonds is 4. The van der Waals surface area contributed by atoms with Gasteiger partial charge >= 0.3 is 0 Å². The van der Waals surface area contributed by atoms with E-state index in [1.165, 1.54) is 0 Å². The van der Waals surface area contributed by atoms with E-state index < -0.39 is 40.4 Å². The van der Waals surface area contributed by atoms with E-state index in [-0.39, 0.29) is 0 Å². The van der Waals surface area contributed by atoms with Crippen LogP contribution in [0.5, 0.6) is 0 Å². The van der Waals surface area contributed by atoms with Crippen LogP contribution in [0.4, 0.5) is 0 Å². The smallest absolute Gasteiger partial charge is 0.144 e. The molecule has 1 spiro atoms. The lowest BCUT2D eigenvalue weighted by atomic mass is 10.4. The van der Waals surface area contributed by atoms with Crippen molar-refractivity contribution < 1.29 is 0 Å². The van der Waals surface area contributed by atoms with Gasteiger partial charge in [-0.05, 0) is 38.7 Å². The van der Waals surface area contributed by atoms with Crippen molar-refractivity contribution in [2.75, 3.05) is 0 Å². The summed E-state index contributed by atoms with van der Waals surface area (Å²) < 4.78 is 6.81. The van der Waals surface area contributed by atoms with Crippen LogP contribution in [0, 0.1) is 0 Å². The van der Waals surface area contributed by atoms with Crippen molar-refractivity contribution in [2.45, 2.75) is 78.6 Å². The Labute approximate surface area is 244 Å². The minimum Gasteiger partial charge on any atom is -0.144 e. The fourth-order valence-corrected chi connectivity index (χ4v) is 26.6. The third kappa shape index (κ3) is 3.82. The average molecular weight is 645 g/mol. The topological polar surface area (TPSA) is 0 Å². The van der Waals surface area contributed by atoms with Gasteiger partial charge in [-0.1, -0.05) is 103 Å². The average Bonchev–Trinajstić information content (AvgIpc) is 3.49. The molecule has 0 N–H and O–H groups in total. The van der Waals surface area contributed by atoms with Gasteiger partial charge < -0.3 is 0 Å². The molecule has 0 nitrogen and oxygen atoms in total. The first-order valence-electron chi connectivity index (χ1n) is 13.4. The van der Waals surface area contributed by atoms with Crippen LogP contribution in [0.15, 0.2) is 24.3 Å². The third-order valence-corrected chi connectivity index (χ3v) is 32.6. The Kier molecular flexibility index (Phi) is 5.85. The van der Waals surface area contributed by atoms with E-state index in [1.54, 1.807) is 58.3 Å². The minimum absolute atomic E-state index is 1.40. The maximum atomic E-state index is 2.75. The molecule has 9 heteroatoms. The van der Waals surface area contributed by atoms with Crippen LogP contribution in [0.3, 0.4) is 0 Å². The molecule has 0 saturated heterocycles. The molecule has 2 aliphatic heterocycles. The van der Waals surface area contributed by atoms with Crippen molar-refractivity contribution in [1.82, 2.24) is 0 Å². The van der Waals surface area contributed by atoms with E-state index in [0.29, 0.717) is 0 Å². The van der Waals surface area contributed by atoms with E-state index >= 15 is 0 Å². The lowest BCUT2D eigenvalue weighted by Crippen LogP contribution is -2.71. The molecule has 0 fully saturated rings. The van der Waals surface area contributed by atoms with Crippen molar-refractivity contribution in [1.29, 1.82) is 0 Å². The van der Waals surface area contributed by atoms with E-state index in [2.05, 4.69) is 148 Å². The zero-order valence-corrected chi connectivity index (χ0v) is 32.7. The monoisotopic (exact) mass is 644 g/mol. The van der Waals surface area contributed by atoms with Gasteiger partial charge in [0, 0.05) is 19.5 Å². The number of hydrogen-bond donors (Lipinski definition) is 0. The van der Waals surface area contributed by atoms with Crippen LogP contribution in [-0.2, 0) is 0 Å². The van der Waals surface area contributed by atoms with Crippen molar-refractivity contribution >= 4 is 124 Å². The highest BCUT2D eigenvalue weighted by Gasteiger charge is 2.58. The summed E-state index contributed by atoms with van der Waals surface area (Å²) in [5, 5.41) is 7.05. The highest BCUT2D eigenvalue weighted by Crippen LogP contribution is 2.43. The van der Waals surface area contributed by atoms with E-state index in [1.807, 2.05) is 0 Å². The van der Waals surface area contributed by atoms with Crippen molar-refractivity contribution in [3.63, 3.8) is 0 Å². The zero-order valence-electron chi connectivity index (χ0n) is 24.4. The van der Waals surface area contributed by atoms with Gasteiger partial charge in [0.2, 0.25) is 0 Å². The quantitative estimate of drug-likeness (QED) is 0.224. The van der Waals surface area contributed by atoms with E-state index in [4.69, 9.17) is 0 Å². The van der Waals surface area contributed by atoms with Crippen LogP contribution in [0.1, 0.15) is 0 Å². The fraction of sp³-hybridized carbons (Fsp3) is 0.429. The second-order valence-electron chi connectivity index (χ2n) is 15.2. The van der Waals surface area contributed by atoms with E-state index in [9.17, 15) is 0 Å². The summed E-state index contributed by atoms with van der Waals surface area (Å²) in [6.45, 7) is 30.5. The summed E-state index contributed by atoms with van der Waals surface area (Å²) in [5.41, 5.74) is 0. The second-order valence-corrected chi connectivity index (χ2v) is 44.6. The van der Waals surface area contributed by atoms with Crippen molar-refractivity contribution in [3.05, 3.63) is 24.3 Å². The molecule has 0 amide bonds. The van der Waals surface area contributed by atoms with Gasteiger partial charge in [-0.3, -0.25) is 0 Å². The normalized spacial score (nSPS) is 16.3. The van der Waals surface area contributed by atoms with Gasteiger partial charge in [-0.25, -0.2) is 0 Å². The molecule has 37 heavy (non-hydrogen) atoms. The molecular weight excluding hydrogens is 605 g/mol.